The molecule has 0 aliphatic carbocycles. The molecular weight excluding hydrogens is 186 g/mol. The molecule has 0 saturated carbocycles. The summed E-state index contributed by atoms with van der Waals surface area (Å²) in [7, 11) is 0. The van der Waals surface area contributed by atoms with Crippen molar-refractivity contribution in [3.8, 4) is 0 Å². The highest BCUT2D eigenvalue weighted by atomic mass is 14.9. The van der Waals surface area contributed by atoms with Crippen molar-refractivity contribution in [3.05, 3.63) is 18.5 Å². The maximum atomic E-state index is 5.66. The Morgan fingerprint density at radius 3 is 2.73 bits per heavy atom. The Balaban J connectivity index is 2.47. The molecule has 84 valence electrons. The Morgan fingerprint density at radius 2 is 2.13 bits per heavy atom. The van der Waals surface area contributed by atoms with E-state index in [0.29, 0.717) is 11.7 Å². The van der Waals surface area contributed by atoms with Crippen LogP contribution in [0.4, 0.5) is 11.4 Å². The second-order valence-corrected chi connectivity index (χ2v) is 4.30. The van der Waals surface area contributed by atoms with E-state index in [1.165, 1.54) is 12.8 Å². The minimum Gasteiger partial charge on any atom is -0.397 e. The van der Waals surface area contributed by atoms with Gasteiger partial charge in [-0.25, -0.2) is 0 Å². The summed E-state index contributed by atoms with van der Waals surface area (Å²) in [4.78, 5) is 4.05. The number of nitrogen functional groups attached to an aromatic ring is 1. The molecule has 1 aromatic rings. The van der Waals surface area contributed by atoms with Gasteiger partial charge in [-0.2, -0.15) is 0 Å². The van der Waals surface area contributed by atoms with E-state index in [-0.39, 0.29) is 0 Å². The summed E-state index contributed by atoms with van der Waals surface area (Å²) < 4.78 is 0. The molecule has 15 heavy (non-hydrogen) atoms. The second kappa shape index (κ2) is 5.59. The number of hydrogen-bond acceptors (Lipinski definition) is 3. The van der Waals surface area contributed by atoms with Crippen molar-refractivity contribution >= 4 is 11.4 Å². The molecule has 3 nitrogen and oxygen atoms in total. The molecule has 0 fully saturated rings. The van der Waals surface area contributed by atoms with E-state index in [1.54, 1.807) is 6.20 Å². The van der Waals surface area contributed by atoms with Crippen molar-refractivity contribution in [3.63, 3.8) is 0 Å². The lowest BCUT2D eigenvalue weighted by molar-refractivity contribution is 0.484. The number of anilines is 2. The van der Waals surface area contributed by atoms with Gasteiger partial charge in [-0.05, 0) is 25.3 Å². The third-order valence-corrected chi connectivity index (χ3v) is 2.63. The quantitative estimate of drug-likeness (QED) is 0.780. The van der Waals surface area contributed by atoms with Gasteiger partial charge in [0.05, 0.1) is 17.6 Å². The van der Waals surface area contributed by atoms with E-state index in [9.17, 15) is 0 Å². The summed E-state index contributed by atoms with van der Waals surface area (Å²) in [6, 6.07) is 2.38. The summed E-state index contributed by atoms with van der Waals surface area (Å²) in [5, 5.41) is 3.41. The lowest BCUT2D eigenvalue weighted by Crippen LogP contribution is -2.18. The molecule has 2 atom stereocenters. The SMILES string of the molecule is CCC(C)CC(C)Nc1cncc(N)c1. The summed E-state index contributed by atoms with van der Waals surface area (Å²) >= 11 is 0. The van der Waals surface area contributed by atoms with Crippen LogP contribution in [0.25, 0.3) is 0 Å². The highest BCUT2D eigenvalue weighted by molar-refractivity contribution is 5.51. The monoisotopic (exact) mass is 207 g/mol. The van der Waals surface area contributed by atoms with Crippen LogP contribution >= 0.6 is 0 Å². The van der Waals surface area contributed by atoms with Gasteiger partial charge in [-0.3, -0.25) is 4.98 Å². The average molecular weight is 207 g/mol. The molecule has 0 amide bonds. The van der Waals surface area contributed by atoms with Crippen LogP contribution in [-0.4, -0.2) is 11.0 Å². The van der Waals surface area contributed by atoms with Gasteiger partial charge in [0.1, 0.15) is 0 Å². The van der Waals surface area contributed by atoms with Gasteiger partial charge in [-0.1, -0.05) is 20.3 Å². The first-order valence-corrected chi connectivity index (χ1v) is 5.59. The number of pyridine rings is 1. The van der Waals surface area contributed by atoms with Gasteiger partial charge in [0, 0.05) is 12.2 Å². The summed E-state index contributed by atoms with van der Waals surface area (Å²) in [6.07, 6.45) is 5.86. The molecule has 0 saturated heterocycles. The lowest BCUT2D eigenvalue weighted by Gasteiger charge is -2.18. The van der Waals surface area contributed by atoms with Gasteiger partial charge in [0.15, 0.2) is 0 Å². The fraction of sp³-hybridized carbons (Fsp3) is 0.583. The summed E-state index contributed by atoms with van der Waals surface area (Å²) in [5.41, 5.74) is 7.37. The molecule has 3 N–H and O–H groups in total. The third-order valence-electron chi connectivity index (χ3n) is 2.63. The van der Waals surface area contributed by atoms with Crippen LogP contribution in [0.3, 0.4) is 0 Å². The van der Waals surface area contributed by atoms with E-state index in [1.807, 2.05) is 12.3 Å². The van der Waals surface area contributed by atoms with Gasteiger partial charge >= 0.3 is 0 Å². The predicted molar refractivity (Wildman–Crippen MR) is 65.8 cm³/mol. The molecule has 1 aromatic heterocycles. The van der Waals surface area contributed by atoms with E-state index in [2.05, 4.69) is 31.1 Å². The normalized spacial score (nSPS) is 14.6. The molecule has 3 heteroatoms. The number of nitrogens with two attached hydrogens (primary N) is 1. The Bertz CT molecular complexity index is 299. The molecule has 1 rings (SSSR count). The fourth-order valence-electron chi connectivity index (χ4n) is 1.65. The zero-order valence-corrected chi connectivity index (χ0v) is 9.83. The first kappa shape index (κ1) is 11.8. The maximum Gasteiger partial charge on any atom is 0.0549 e. The van der Waals surface area contributed by atoms with Crippen LogP contribution in [-0.2, 0) is 0 Å². The predicted octanol–water partition coefficient (Wildman–Crippen LogP) is 2.90. The van der Waals surface area contributed by atoms with Gasteiger partial charge in [0.2, 0.25) is 0 Å². The second-order valence-electron chi connectivity index (χ2n) is 4.30. The molecule has 0 spiro atoms. The smallest absolute Gasteiger partial charge is 0.0549 e. The zero-order valence-electron chi connectivity index (χ0n) is 9.83. The van der Waals surface area contributed by atoms with Crippen molar-refractivity contribution in [1.82, 2.24) is 4.98 Å². The van der Waals surface area contributed by atoms with Crippen LogP contribution in [0.1, 0.15) is 33.6 Å². The molecule has 0 radical (unpaired) electrons. The molecule has 0 aromatic carbocycles. The van der Waals surface area contributed by atoms with Crippen LogP contribution in [0.2, 0.25) is 0 Å². The third kappa shape index (κ3) is 4.19. The molecule has 0 aliphatic rings. The van der Waals surface area contributed by atoms with E-state index < -0.39 is 0 Å². The molecule has 0 bridgehead atoms. The van der Waals surface area contributed by atoms with Crippen molar-refractivity contribution in [2.24, 2.45) is 5.92 Å². The molecular formula is C12H21N3. The van der Waals surface area contributed by atoms with Crippen LogP contribution in [0.15, 0.2) is 18.5 Å². The van der Waals surface area contributed by atoms with Crippen molar-refractivity contribution in [2.45, 2.75) is 39.7 Å². The molecule has 2 unspecified atom stereocenters. The molecule has 0 aliphatic heterocycles. The number of rotatable bonds is 5. The minimum absolute atomic E-state index is 0.462. The largest absolute Gasteiger partial charge is 0.397 e. The first-order valence-electron chi connectivity index (χ1n) is 5.59. The Labute approximate surface area is 92.1 Å². The van der Waals surface area contributed by atoms with Crippen molar-refractivity contribution in [1.29, 1.82) is 0 Å². The van der Waals surface area contributed by atoms with Crippen molar-refractivity contribution < 1.29 is 0 Å². The highest BCUT2D eigenvalue weighted by Gasteiger charge is 2.06. The minimum atomic E-state index is 0.462. The van der Waals surface area contributed by atoms with Crippen LogP contribution in [0.5, 0.6) is 0 Å². The van der Waals surface area contributed by atoms with Crippen LogP contribution in [0, 0.1) is 5.92 Å². The fourth-order valence-corrected chi connectivity index (χ4v) is 1.65. The van der Waals surface area contributed by atoms with Crippen molar-refractivity contribution in [2.75, 3.05) is 11.1 Å². The Hall–Kier alpha value is -1.25. The van der Waals surface area contributed by atoms with Gasteiger partial charge < -0.3 is 11.1 Å². The highest BCUT2D eigenvalue weighted by Crippen LogP contribution is 2.15. The maximum absolute atomic E-state index is 5.66. The topological polar surface area (TPSA) is 50.9 Å². The van der Waals surface area contributed by atoms with Gasteiger partial charge in [-0.15, -0.1) is 0 Å². The van der Waals surface area contributed by atoms with Gasteiger partial charge in [0.25, 0.3) is 0 Å². The lowest BCUT2D eigenvalue weighted by atomic mass is 10.0. The van der Waals surface area contributed by atoms with E-state index in [0.717, 1.165) is 11.6 Å². The summed E-state index contributed by atoms with van der Waals surface area (Å²) in [5.74, 6) is 0.751. The Morgan fingerprint density at radius 1 is 1.40 bits per heavy atom. The van der Waals surface area contributed by atoms with E-state index >= 15 is 0 Å². The standard InChI is InChI=1S/C12H21N3/c1-4-9(2)5-10(3)15-12-6-11(13)7-14-8-12/h6-10,15H,4-5,13H2,1-3H3. The van der Waals surface area contributed by atoms with Crippen LogP contribution < -0.4 is 11.1 Å². The number of nitrogens with one attached hydrogen (secondary N) is 1. The summed E-state index contributed by atoms with van der Waals surface area (Å²) in [6.45, 7) is 6.69. The zero-order chi connectivity index (χ0) is 11.3. The molecule has 1 heterocycles. The number of nitrogens with zero attached hydrogens (tertiary/aromatic N) is 1. The Kier molecular flexibility index (Phi) is 4.40. The first-order chi connectivity index (χ1) is 7.11. The number of hydrogen-bond donors (Lipinski definition) is 2. The average Bonchev–Trinajstić information content (AvgIpc) is 2.17. The van der Waals surface area contributed by atoms with E-state index in [4.69, 9.17) is 5.73 Å². The number of aromatic nitrogens is 1.